The number of anilines is 1. The largest absolute Gasteiger partial charge is 0.381 e. The highest BCUT2D eigenvalue weighted by atomic mass is 79.9. The van der Waals surface area contributed by atoms with Gasteiger partial charge in [0.25, 0.3) is 5.91 Å². The van der Waals surface area contributed by atoms with Gasteiger partial charge in [-0.25, -0.2) is 0 Å². The highest BCUT2D eigenvalue weighted by Gasteiger charge is 2.04. The van der Waals surface area contributed by atoms with Gasteiger partial charge in [-0.2, -0.15) is 0 Å². The Morgan fingerprint density at radius 1 is 1.19 bits per heavy atom. The number of benzene rings is 2. The lowest BCUT2D eigenvalue weighted by atomic mass is 10.2. The average Bonchev–Trinajstić information content (AvgIpc) is 2.47. The standard InChI is InChI=1S/C16H16BrClN2O/c1-2-19-16(21)11-4-7-14(8-5-11)20-10-12-3-6-13(17)9-15(12)18/h3-9,20H,2,10H2,1H3,(H,19,21). The van der Waals surface area contributed by atoms with Crippen molar-refractivity contribution in [3.8, 4) is 0 Å². The first-order chi connectivity index (χ1) is 10.1. The van der Waals surface area contributed by atoms with Crippen LogP contribution < -0.4 is 10.6 Å². The van der Waals surface area contributed by atoms with Gasteiger partial charge < -0.3 is 10.6 Å². The van der Waals surface area contributed by atoms with E-state index in [2.05, 4.69) is 26.6 Å². The smallest absolute Gasteiger partial charge is 0.251 e. The molecule has 110 valence electrons. The van der Waals surface area contributed by atoms with E-state index >= 15 is 0 Å². The van der Waals surface area contributed by atoms with E-state index in [1.54, 1.807) is 12.1 Å². The minimum absolute atomic E-state index is 0.0556. The molecule has 3 nitrogen and oxygen atoms in total. The first-order valence-electron chi connectivity index (χ1n) is 6.66. The van der Waals surface area contributed by atoms with Crippen LogP contribution in [0.3, 0.4) is 0 Å². The predicted octanol–water partition coefficient (Wildman–Crippen LogP) is 4.46. The van der Waals surface area contributed by atoms with Gasteiger partial charge in [0.05, 0.1) is 0 Å². The van der Waals surface area contributed by atoms with Crippen molar-refractivity contribution in [3.63, 3.8) is 0 Å². The summed E-state index contributed by atoms with van der Waals surface area (Å²) in [5, 5.41) is 6.78. The summed E-state index contributed by atoms with van der Waals surface area (Å²) in [6, 6.07) is 13.2. The molecular formula is C16H16BrClN2O. The van der Waals surface area contributed by atoms with Crippen LogP contribution in [-0.2, 0) is 6.54 Å². The summed E-state index contributed by atoms with van der Waals surface area (Å²) in [6.45, 7) is 3.16. The number of nitrogens with one attached hydrogen (secondary N) is 2. The third-order valence-corrected chi connectivity index (χ3v) is 3.83. The van der Waals surface area contributed by atoms with Crippen LogP contribution in [0.2, 0.25) is 5.02 Å². The summed E-state index contributed by atoms with van der Waals surface area (Å²) in [4.78, 5) is 11.7. The van der Waals surface area contributed by atoms with E-state index in [0.29, 0.717) is 18.7 Å². The summed E-state index contributed by atoms with van der Waals surface area (Å²) >= 11 is 9.56. The lowest BCUT2D eigenvalue weighted by Crippen LogP contribution is -2.22. The Bertz CT molecular complexity index is 629. The number of hydrogen-bond acceptors (Lipinski definition) is 2. The number of hydrogen-bond donors (Lipinski definition) is 2. The molecule has 0 radical (unpaired) electrons. The lowest BCUT2D eigenvalue weighted by Gasteiger charge is -2.09. The molecule has 0 atom stereocenters. The van der Waals surface area contributed by atoms with Crippen molar-refractivity contribution in [1.29, 1.82) is 0 Å². The van der Waals surface area contributed by atoms with Crippen LogP contribution in [-0.4, -0.2) is 12.5 Å². The van der Waals surface area contributed by atoms with Crippen LogP contribution in [0.5, 0.6) is 0 Å². The summed E-state index contributed by atoms with van der Waals surface area (Å²) in [7, 11) is 0. The molecule has 0 aliphatic rings. The molecule has 2 N–H and O–H groups in total. The summed E-state index contributed by atoms with van der Waals surface area (Å²) < 4.78 is 0.961. The quantitative estimate of drug-likeness (QED) is 0.819. The monoisotopic (exact) mass is 366 g/mol. The molecule has 0 unspecified atom stereocenters. The number of halogens is 2. The number of carbonyl (C=O) groups excluding carboxylic acids is 1. The van der Waals surface area contributed by atoms with Gasteiger partial charge in [-0.05, 0) is 48.9 Å². The molecule has 0 fully saturated rings. The maximum Gasteiger partial charge on any atom is 0.251 e. The molecule has 2 aromatic carbocycles. The van der Waals surface area contributed by atoms with Crippen LogP contribution >= 0.6 is 27.5 Å². The fourth-order valence-corrected chi connectivity index (χ4v) is 2.60. The molecule has 0 spiro atoms. The Kier molecular flexibility index (Phi) is 5.65. The van der Waals surface area contributed by atoms with Crippen molar-refractivity contribution < 1.29 is 4.79 Å². The number of carbonyl (C=O) groups is 1. The minimum atomic E-state index is -0.0556. The van der Waals surface area contributed by atoms with Crippen molar-refractivity contribution in [3.05, 3.63) is 63.1 Å². The van der Waals surface area contributed by atoms with E-state index in [4.69, 9.17) is 11.6 Å². The van der Waals surface area contributed by atoms with E-state index in [-0.39, 0.29) is 5.91 Å². The molecule has 0 saturated carbocycles. The van der Waals surface area contributed by atoms with Crippen molar-refractivity contribution >= 4 is 39.1 Å². The SMILES string of the molecule is CCNC(=O)c1ccc(NCc2ccc(Br)cc2Cl)cc1. The van der Waals surface area contributed by atoms with Gasteiger partial charge >= 0.3 is 0 Å². The van der Waals surface area contributed by atoms with Gasteiger partial charge in [-0.3, -0.25) is 4.79 Å². The maximum absolute atomic E-state index is 11.7. The van der Waals surface area contributed by atoms with Gasteiger partial charge in [0.15, 0.2) is 0 Å². The molecule has 2 aromatic rings. The fourth-order valence-electron chi connectivity index (χ4n) is 1.86. The fraction of sp³-hybridized carbons (Fsp3) is 0.188. The van der Waals surface area contributed by atoms with Gasteiger partial charge in [0.1, 0.15) is 0 Å². The molecule has 0 aromatic heterocycles. The van der Waals surface area contributed by atoms with Crippen LogP contribution in [0.4, 0.5) is 5.69 Å². The van der Waals surface area contributed by atoms with Crippen molar-refractivity contribution in [2.75, 3.05) is 11.9 Å². The predicted molar refractivity (Wildman–Crippen MR) is 90.9 cm³/mol. The van der Waals surface area contributed by atoms with Gasteiger partial charge in [0, 0.05) is 33.8 Å². The minimum Gasteiger partial charge on any atom is -0.381 e. The highest BCUT2D eigenvalue weighted by Crippen LogP contribution is 2.22. The maximum atomic E-state index is 11.7. The second-order valence-electron chi connectivity index (χ2n) is 4.53. The molecule has 0 heterocycles. The molecule has 0 aliphatic carbocycles. The zero-order chi connectivity index (χ0) is 15.2. The van der Waals surface area contributed by atoms with Crippen molar-refractivity contribution in [2.45, 2.75) is 13.5 Å². The van der Waals surface area contributed by atoms with Crippen molar-refractivity contribution in [2.24, 2.45) is 0 Å². The Morgan fingerprint density at radius 2 is 1.90 bits per heavy atom. The Labute approximate surface area is 137 Å². The summed E-state index contributed by atoms with van der Waals surface area (Å²) in [6.07, 6.45) is 0. The first-order valence-corrected chi connectivity index (χ1v) is 7.83. The molecule has 21 heavy (non-hydrogen) atoms. The zero-order valence-electron chi connectivity index (χ0n) is 11.6. The molecule has 1 amide bonds. The topological polar surface area (TPSA) is 41.1 Å². The van der Waals surface area contributed by atoms with Gasteiger partial charge in [-0.1, -0.05) is 33.6 Å². The molecular weight excluding hydrogens is 352 g/mol. The number of rotatable bonds is 5. The lowest BCUT2D eigenvalue weighted by molar-refractivity contribution is 0.0956. The Balaban J connectivity index is 1.99. The van der Waals surface area contributed by atoms with E-state index in [9.17, 15) is 4.79 Å². The third kappa shape index (κ3) is 4.48. The van der Waals surface area contributed by atoms with Crippen LogP contribution in [0.25, 0.3) is 0 Å². The van der Waals surface area contributed by atoms with Gasteiger partial charge in [-0.15, -0.1) is 0 Å². The number of amides is 1. The zero-order valence-corrected chi connectivity index (χ0v) is 14.0. The van der Waals surface area contributed by atoms with E-state index in [0.717, 1.165) is 20.7 Å². The van der Waals surface area contributed by atoms with Crippen LogP contribution in [0, 0.1) is 0 Å². The third-order valence-electron chi connectivity index (χ3n) is 2.98. The van der Waals surface area contributed by atoms with Gasteiger partial charge in [0.2, 0.25) is 0 Å². The second kappa shape index (κ2) is 7.48. The Morgan fingerprint density at radius 3 is 2.52 bits per heavy atom. The molecule has 0 bridgehead atoms. The molecule has 0 saturated heterocycles. The van der Waals surface area contributed by atoms with E-state index < -0.39 is 0 Å². The van der Waals surface area contributed by atoms with E-state index in [1.165, 1.54) is 0 Å². The van der Waals surface area contributed by atoms with Crippen LogP contribution in [0.1, 0.15) is 22.8 Å². The summed E-state index contributed by atoms with van der Waals surface area (Å²) in [5.41, 5.74) is 2.62. The average molecular weight is 368 g/mol. The second-order valence-corrected chi connectivity index (χ2v) is 5.85. The van der Waals surface area contributed by atoms with E-state index in [1.807, 2.05) is 37.3 Å². The molecule has 0 aliphatic heterocycles. The highest BCUT2D eigenvalue weighted by molar-refractivity contribution is 9.10. The first kappa shape index (κ1) is 15.9. The Hall–Kier alpha value is -1.52. The normalized spacial score (nSPS) is 10.2. The van der Waals surface area contributed by atoms with Crippen LogP contribution in [0.15, 0.2) is 46.9 Å². The summed E-state index contributed by atoms with van der Waals surface area (Å²) in [5.74, 6) is -0.0556. The molecule has 2 rings (SSSR count). The van der Waals surface area contributed by atoms with Crippen molar-refractivity contribution in [1.82, 2.24) is 5.32 Å². The molecule has 5 heteroatoms.